The maximum atomic E-state index is 9.08. The van der Waals surface area contributed by atoms with Crippen LogP contribution in [-0.2, 0) is 6.61 Å². The van der Waals surface area contributed by atoms with E-state index >= 15 is 0 Å². The molecule has 23 heavy (non-hydrogen) atoms. The summed E-state index contributed by atoms with van der Waals surface area (Å²) in [5, 5.41) is 9.08. The molecule has 0 amide bonds. The highest BCUT2D eigenvalue weighted by Gasteiger charge is 2.21. The molecule has 2 aromatic rings. The molecule has 0 saturated heterocycles. The number of rotatable bonds is 6. The van der Waals surface area contributed by atoms with Crippen molar-refractivity contribution < 1.29 is 9.84 Å². The van der Waals surface area contributed by atoms with Crippen molar-refractivity contribution in [1.82, 2.24) is 0 Å². The minimum absolute atomic E-state index is 0.0474. The van der Waals surface area contributed by atoms with Crippen molar-refractivity contribution in [3.05, 3.63) is 71.3 Å². The van der Waals surface area contributed by atoms with Crippen LogP contribution in [0.2, 0.25) is 0 Å². The van der Waals surface area contributed by atoms with Gasteiger partial charge in [0.15, 0.2) is 0 Å². The highest BCUT2D eigenvalue weighted by Crippen LogP contribution is 2.40. The summed E-state index contributed by atoms with van der Waals surface area (Å²) in [5.41, 5.74) is 3.55. The Morgan fingerprint density at radius 2 is 1.78 bits per heavy atom. The first-order valence-electron chi connectivity index (χ1n) is 8.45. The van der Waals surface area contributed by atoms with Gasteiger partial charge in [-0.1, -0.05) is 73.5 Å². The van der Waals surface area contributed by atoms with Crippen molar-refractivity contribution in [3.8, 4) is 5.75 Å². The van der Waals surface area contributed by atoms with E-state index in [0.717, 1.165) is 11.3 Å². The molecule has 0 atom stereocenters. The summed E-state index contributed by atoms with van der Waals surface area (Å²) >= 11 is 0. The Morgan fingerprint density at radius 3 is 2.52 bits per heavy atom. The monoisotopic (exact) mass is 308 g/mol. The standard InChI is InChI=1S/C21H24O2/c22-15-7-13-19-12-6-14-20(18-10-4-5-11-18)21(19)23-16-17-8-2-1-3-9-17/h1-3,6-9,12-14,18,22H,4-5,10-11,15-16H2/b13-7+. The van der Waals surface area contributed by atoms with Gasteiger partial charge in [0.05, 0.1) is 6.61 Å². The fraction of sp³-hybridized carbons (Fsp3) is 0.333. The van der Waals surface area contributed by atoms with Crippen molar-refractivity contribution in [2.24, 2.45) is 0 Å². The minimum atomic E-state index is 0.0474. The van der Waals surface area contributed by atoms with Crippen LogP contribution in [0.25, 0.3) is 6.08 Å². The molecule has 0 heterocycles. The van der Waals surface area contributed by atoms with Crippen LogP contribution in [0.1, 0.15) is 48.3 Å². The molecule has 0 spiro atoms. The molecule has 1 saturated carbocycles. The topological polar surface area (TPSA) is 29.5 Å². The summed E-state index contributed by atoms with van der Waals surface area (Å²) in [4.78, 5) is 0. The molecule has 120 valence electrons. The first-order chi connectivity index (χ1) is 11.4. The van der Waals surface area contributed by atoms with Crippen LogP contribution in [0.15, 0.2) is 54.6 Å². The zero-order chi connectivity index (χ0) is 15.9. The zero-order valence-corrected chi connectivity index (χ0v) is 13.4. The van der Waals surface area contributed by atoms with Gasteiger partial charge in [-0.05, 0) is 29.9 Å². The smallest absolute Gasteiger partial charge is 0.130 e. The average Bonchev–Trinajstić information content (AvgIpc) is 3.13. The van der Waals surface area contributed by atoms with E-state index in [2.05, 4.69) is 30.3 Å². The van der Waals surface area contributed by atoms with Crippen LogP contribution in [-0.4, -0.2) is 11.7 Å². The van der Waals surface area contributed by atoms with Crippen molar-refractivity contribution in [3.63, 3.8) is 0 Å². The van der Waals surface area contributed by atoms with E-state index in [9.17, 15) is 0 Å². The Kier molecular flexibility index (Phi) is 5.49. The molecular formula is C21H24O2. The lowest BCUT2D eigenvalue weighted by molar-refractivity contribution is 0.300. The lowest BCUT2D eigenvalue weighted by Gasteiger charge is -2.18. The van der Waals surface area contributed by atoms with Crippen molar-refractivity contribution in [2.45, 2.75) is 38.2 Å². The van der Waals surface area contributed by atoms with Crippen molar-refractivity contribution in [2.75, 3.05) is 6.61 Å². The Hall–Kier alpha value is -2.06. The van der Waals surface area contributed by atoms with E-state index in [-0.39, 0.29) is 6.61 Å². The molecule has 0 unspecified atom stereocenters. The SMILES string of the molecule is OC/C=C/c1cccc(C2CCCC2)c1OCc1ccccc1. The second-order valence-corrected chi connectivity index (χ2v) is 6.11. The second-order valence-electron chi connectivity index (χ2n) is 6.11. The quantitative estimate of drug-likeness (QED) is 0.820. The zero-order valence-electron chi connectivity index (χ0n) is 13.4. The molecule has 1 aliphatic rings. The molecule has 0 bridgehead atoms. The van der Waals surface area contributed by atoms with Gasteiger partial charge in [0.2, 0.25) is 0 Å². The van der Waals surface area contributed by atoms with Gasteiger partial charge < -0.3 is 9.84 Å². The molecule has 1 fully saturated rings. The number of para-hydroxylation sites is 1. The van der Waals surface area contributed by atoms with Gasteiger partial charge in [-0.15, -0.1) is 0 Å². The first-order valence-corrected chi connectivity index (χ1v) is 8.45. The Bertz CT molecular complexity index is 640. The minimum Gasteiger partial charge on any atom is -0.488 e. The fourth-order valence-electron chi connectivity index (χ4n) is 3.34. The van der Waals surface area contributed by atoms with Gasteiger partial charge in [0, 0.05) is 5.56 Å². The summed E-state index contributed by atoms with van der Waals surface area (Å²) in [5.74, 6) is 1.58. The van der Waals surface area contributed by atoms with Crippen molar-refractivity contribution >= 4 is 6.08 Å². The Labute approximate surface area is 138 Å². The number of hydrogen-bond acceptors (Lipinski definition) is 2. The van der Waals surface area contributed by atoms with Gasteiger partial charge in [-0.3, -0.25) is 0 Å². The third-order valence-electron chi connectivity index (χ3n) is 4.50. The summed E-state index contributed by atoms with van der Waals surface area (Å²) < 4.78 is 6.23. The Balaban J connectivity index is 1.88. The van der Waals surface area contributed by atoms with Gasteiger partial charge in [-0.25, -0.2) is 0 Å². The highest BCUT2D eigenvalue weighted by atomic mass is 16.5. The van der Waals surface area contributed by atoms with Crippen LogP contribution in [0.3, 0.4) is 0 Å². The second kappa shape index (κ2) is 7.98. The maximum absolute atomic E-state index is 9.08. The van der Waals surface area contributed by atoms with E-state index in [1.165, 1.54) is 36.8 Å². The fourth-order valence-corrected chi connectivity index (χ4v) is 3.34. The van der Waals surface area contributed by atoms with E-state index in [0.29, 0.717) is 12.5 Å². The summed E-state index contributed by atoms with van der Waals surface area (Å²) in [6.07, 6.45) is 8.82. The number of ether oxygens (including phenoxy) is 1. The predicted molar refractivity (Wildman–Crippen MR) is 94.5 cm³/mol. The molecule has 2 aromatic carbocycles. The lowest BCUT2D eigenvalue weighted by Crippen LogP contribution is -2.03. The van der Waals surface area contributed by atoms with E-state index < -0.39 is 0 Å². The summed E-state index contributed by atoms with van der Waals surface area (Å²) in [6, 6.07) is 16.6. The number of aliphatic hydroxyl groups is 1. The summed E-state index contributed by atoms with van der Waals surface area (Å²) in [7, 11) is 0. The van der Waals surface area contributed by atoms with Crippen LogP contribution in [0.5, 0.6) is 5.75 Å². The van der Waals surface area contributed by atoms with E-state index in [1.54, 1.807) is 6.08 Å². The molecule has 3 rings (SSSR count). The molecule has 0 aromatic heterocycles. The molecule has 0 aliphatic heterocycles. The molecule has 0 radical (unpaired) electrons. The molecule has 2 nitrogen and oxygen atoms in total. The van der Waals surface area contributed by atoms with Crippen LogP contribution >= 0.6 is 0 Å². The van der Waals surface area contributed by atoms with E-state index in [4.69, 9.17) is 9.84 Å². The predicted octanol–water partition coefficient (Wildman–Crippen LogP) is 4.93. The largest absolute Gasteiger partial charge is 0.488 e. The van der Waals surface area contributed by atoms with E-state index in [1.807, 2.05) is 24.3 Å². The maximum Gasteiger partial charge on any atom is 0.130 e. The number of hydrogen-bond donors (Lipinski definition) is 1. The lowest BCUT2D eigenvalue weighted by atomic mass is 9.94. The van der Waals surface area contributed by atoms with Gasteiger partial charge in [-0.2, -0.15) is 0 Å². The Morgan fingerprint density at radius 1 is 1.00 bits per heavy atom. The molecule has 2 heteroatoms. The van der Waals surface area contributed by atoms with Gasteiger partial charge >= 0.3 is 0 Å². The van der Waals surface area contributed by atoms with Gasteiger partial charge in [0.1, 0.15) is 12.4 Å². The van der Waals surface area contributed by atoms with Crippen LogP contribution in [0, 0.1) is 0 Å². The highest BCUT2D eigenvalue weighted by molar-refractivity contribution is 5.60. The van der Waals surface area contributed by atoms with Crippen LogP contribution < -0.4 is 4.74 Å². The molecular weight excluding hydrogens is 284 g/mol. The third-order valence-corrected chi connectivity index (χ3v) is 4.50. The number of aliphatic hydroxyl groups excluding tert-OH is 1. The third kappa shape index (κ3) is 4.02. The number of benzene rings is 2. The normalized spacial score (nSPS) is 15.3. The van der Waals surface area contributed by atoms with Crippen molar-refractivity contribution in [1.29, 1.82) is 0 Å². The first kappa shape index (κ1) is 15.8. The van der Waals surface area contributed by atoms with Crippen LogP contribution in [0.4, 0.5) is 0 Å². The molecule has 1 N–H and O–H groups in total. The van der Waals surface area contributed by atoms with Gasteiger partial charge in [0.25, 0.3) is 0 Å². The average molecular weight is 308 g/mol. The molecule has 1 aliphatic carbocycles. The summed E-state index contributed by atoms with van der Waals surface area (Å²) in [6.45, 7) is 0.621.